The van der Waals surface area contributed by atoms with Gasteiger partial charge in [0.1, 0.15) is 5.75 Å². The number of ether oxygens (including phenoxy) is 3. The summed E-state index contributed by atoms with van der Waals surface area (Å²) < 4.78 is 15.0. The minimum atomic E-state index is -0.659. The van der Waals surface area contributed by atoms with Crippen LogP contribution in [0.1, 0.15) is 27.0 Å². The first kappa shape index (κ1) is 21.0. The van der Waals surface area contributed by atoms with Crippen molar-refractivity contribution < 1.29 is 28.6 Å². The van der Waals surface area contributed by atoms with Crippen LogP contribution in [-0.4, -0.2) is 38.2 Å². The minimum Gasteiger partial charge on any atom is -0.482 e. The summed E-state index contributed by atoms with van der Waals surface area (Å²) in [4.78, 5) is 35.4. The lowest BCUT2D eigenvalue weighted by Crippen LogP contribution is -2.24. The van der Waals surface area contributed by atoms with Gasteiger partial charge in [-0.3, -0.25) is 4.79 Å². The van der Waals surface area contributed by atoms with Gasteiger partial charge in [0, 0.05) is 5.69 Å². The van der Waals surface area contributed by atoms with Crippen molar-refractivity contribution >= 4 is 23.5 Å². The van der Waals surface area contributed by atoms with Crippen molar-refractivity contribution in [3.05, 3.63) is 58.7 Å². The summed E-state index contributed by atoms with van der Waals surface area (Å²) in [5, 5.41) is 2.61. The van der Waals surface area contributed by atoms with E-state index >= 15 is 0 Å². The number of benzene rings is 2. The molecule has 0 spiro atoms. The molecule has 0 saturated heterocycles. The lowest BCUT2D eigenvalue weighted by Gasteiger charge is -2.11. The molecule has 1 amide bonds. The fourth-order valence-electron chi connectivity index (χ4n) is 2.32. The summed E-state index contributed by atoms with van der Waals surface area (Å²) in [5.41, 5.74) is 3.68. The number of anilines is 1. The van der Waals surface area contributed by atoms with E-state index in [0.717, 1.165) is 16.7 Å². The molecule has 0 aliphatic carbocycles. The highest BCUT2D eigenvalue weighted by Crippen LogP contribution is 2.18. The van der Waals surface area contributed by atoms with Crippen molar-refractivity contribution in [2.75, 3.05) is 25.6 Å². The number of carbonyl (C=O) groups is 3. The Kier molecular flexibility index (Phi) is 7.14. The van der Waals surface area contributed by atoms with Crippen LogP contribution in [0.4, 0.5) is 5.69 Å². The smallest absolute Gasteiger partial charge is 0.344 e. The first-order chi connectivity index (χ1) is 13.3. The number of amides is 1. The molecule has 0 bridgehead atoms. The van der Waals surface area contributed by atoms with E-state index in [1.165, 1.54) is 13.2 Å². The molecule has 7 heteroatoms. The monoisotopic (exact) mass is 385 g/mol. The van der Waals surface area contributed by atoms with E-state index in [2.05, 4.69) is 10.1 Å². The molecule has 148 valence electrons. The number of hydrogen-bond donors (Lipinski definition) is 1. The molecule has 2 rings (SSSR count). The maximum atomic E-state index is 12.0. The van der Waals surface area contributed by atoms with Crippen molar-refractivity contribution in [2.45, 2.75) is 20.8 Å². The van der Waals surface area contributed by atoms with Crippen molar-refractivity contribution in [3.8, 4) is 5.75 Å². The van der Waals surface area contributed by atoms with E-state index in [1.54, 1.807) is 25.1 Å². The molecule has 1 N–H and O–H groups in total. The fourth-order valence-corrected chi connectivity index (χ4v) is 2.32. The Balaban J connectivity index is 1.84. The van der Waals surface area contributed by atoms with Gasteiger partial charge in [0.2, 0.25) is 0 Å². The molecule has 0 fully saturated rings. The van der Waals surface area contributed by atoms with Crippen LogP contribution >= 0.6 is 0 Å². The van der Waals surface area contributed by atoms with E-state index < -0.39 is 24.5 Å². The number of hydrogen-bond acceptors (Lipinski definition) is 6. The molecule has 7 nitrogen and oxygen atoms in total. The molecule has 0 heterocycles. The van der Waals surface area contributed by atoms with E-state index in [4.69, 9.17) is 9.47 Å². The predicted octanol–water partition coefficient (Wildman–Crippen LogP) is 2.96. The first-order valence-electron chi connectivity index (χ1n) is 8.64. The number of esters is 2. The summed E-state index contributed by atoms with van der Waals surface area (Å²) in [7, 11) is 1.28. The van der Waals surface area contributed by atoms with E-state index in [-0.39, 0.29) is 6.61 Å². The largest absolute Gasteiger partial charge is 0.482 e. The lowest BCUT2D eigenvalue weighted by molar-refractivity contribution is -0.149. The summed E-state index contributed by atoms with van der Waals surface area (Å²) in [6, 6.07) is 10.3. The SMILES string of the molecule is COC(=O)c1ccc(C)c(NC(=O)COC(=O)COc2ccc(C)c(C)c2)c1. The summed E-state index contributed by atoms with van der Waals surface area (Å²) in [6.45, 7) is 4.94. The first-order valence-corrected chi connectivity index (χ1v) is 8.64. The summed E-state index contributed by atoms with van der Waals surface area (Å²) in [6.07, 6.45) is 0. The maximum absolute atomic E-state index is 12.0. The molecule has 0 aliphatic rings. The van der Waals surface area contributed by atoms with Gasteiger partial charge in [-0.1, -0.05) is 12.1 Å². The van der Waals surface area contributed by atoms with Gasteiger partial charge in [-0.05, 0) is 61.7 Å². The number of nitrogens with one attached hydrogen (secondary N) is 1. The third kappa shape index (κ3) is 5.84. The van der Waals surface area contributed by atoms with E-state index in [0.29, 0.717) is 17.0 Å². The molecular formula is C21H23NO6. The van der Waals surface area contributed by atoms with Gasteiger partial charge in [-0.2, -0.15) is 0 Å². The zero-order valence-electron chi connectivity index (χ0n) is 16.3. The van der Waals surface area contributed by atoms with Crippen LogP contribution in [0.15, 0.2) is 36.4 Å². The molecular weight excluding hydrogens is 362 g/mol. The third-order valence-electron chi connectivity index (χ3n) is 4.13. The Bertz CT molecular complexity index is 890. The third-order valence-corrected chi connectivity index (χ3v) is 4.13. The van der Waals surface area contributed by atoms with Crippen LogP contribution in [0.5, 0.6) is 5.75 Å². The average Bonchev–Trinajstić information content (AvgIpc) is 2.68. The second-order valence-electron chi connectivity index (χ2n) is 6.26. The number of rotatable bonds is 7. The number of carbonyl (C=O) groups excluding carboxylic acids is 3. The zero-order valence-corrected chi connectivity index (χ0v) is 16.3. The van der Waals surface area contributed by atoms with Gasteiger partial charge in [0.05, 0.1) is 12.7 Å². The lowest BCUT2D eigenvalue weighted by atomic mass is 10.1. The number of aryl methyl sites for hydroxylation is 3. The topological polar surface area (TPSA) is 90.9 Å². The van der Waals surface area contributed by atoms with Crippen LogP contribution in [0, 0.1) is 20.8 Å². The fraction of sp³-hybridized carbons (Fsp3) is 0.286. The molecule has 28 heavy (non-hydrogen) atoms. The molecule has 0 saturated carbocycles. The second kappa shape index (κ2) is 9.55. The Morgan fingerprint density at radius 1 is 0.893 bits per heavy atom. The van der Waals surface area contributed by atoms with Crippen LogP contribution in [-0.2, 0) is 19.1 Å². The highest BCUT2D eigenvalue weighted by Gasteiger charge is 2.12. The molecule has 0 unspecified atom stereocenters. The summed E-state index contributed by atoms with van der Waals surface area (Å²) >= 11 is 0. The highest BCUT2D eigenvalue weighted by atomic mass is 16.6. The van der Waals surface area contributed by atoms with Crippen molar-refractivity contribution in [3.63, 3.8) is 0 Å². The Labute approximate surface area is 163 Å². The van der Waals surface area contributed by atoms with Crippen LogP contribution in [0.25, 0.3) is 0 Å². The minimum absolute atomic E-state index is 0.299. The standard InChI is InChI=1S/C21H23NO6/c1-13-6-8-17(9-15(13)3)27-12-20(24)28-11-19(23)22-18-10-16(21(25)26-4)7-5-14(18)2/h5-10H,11-12H2,1-4H3,(H,22,23). The quantitative estimate of drug-likeness (QED) is 0.737. The second-order valence-corrected chi connectivity index (χ2v) is 6.26. The van der Waals surface area contributed by atoms with Crippen molar-refractivity contribution in [2.24, 2.45) is 0 Å². The normalized spacial score (nSPS) is 10.1. The van der Waals surface area contributed by atoms with Gasteiger partial charge in [-0.15, -0.1) is 0 Å². The zero-order chi connectivity index (χ0) is 20.7. The van der Waals surface area contributed by atoms with Gasteiger partial charge in [0.15, 0.2) is 13.2 Å². The maximum Gasteiger partial charge on any atom is 0.344 e. The predicted molar refractivity (Wildman–Crippen MR) is 104 cm³/mol. The molecule has 0 aromatic heterocycles. The van der Waals surface area contributed by atoms with Crippen LogP contribution in [0.3, 0.4) is 0 Å². The van der Waals surface area contributed by atoms with Crippen molar-refractivity contribution in [1.29, 1.82) is 0 Å². The van der Waals surface area contributed by atoms with E-state index in [1.807, 2.05) is 26.0 Å². The average molecular weight is 385 g/mol. The van der Waals surface area contributed by atoms with Crippen LogP contribution in [0.2, 0.25) is 0 Å². The van der Waals surface area contributed by atoms with Gasteiger partial charge in [-0.25, -0.2) is 9.59 Å². The molecule has 2 aromatic carbocycles. The molecule has 2 aromatic rings. The Morgan fingerprint density at radius 3 is 2.29 bits per heavy atom. The van der Waals surface area contributed by atoms with Gasteiger partial charge >= 0.3 is 11.9 Å². The molecule has 0 aliphatic heterocycles. The highest BCUT2D eigenvalue weighted by molar-refractivity contribution is 5.96. The number of methoxy groups -OCH3 is 1. The van der Waals surface area contributed by atoms with Crippen LogP contribution < -0.4 is 10.1 Å². The Hall–Kier alpha value is -3.35. The molecule has 0 atom stereocenters. The van der Waals surface area contributed by atoms with E-state index in [9.17, 15) is 14.4 Å². The van der Waals surface area contributed by atoms with Gasteiger partial charge < -0.3 is 19.5 Å². The van der Waals surface area contributed by atoms with Crippen molar-refractivity contribution in [1.82, 2.24) is 0 Å². The van der Waals surface area contributed by atoms with Gasteiger partial charge in [0.25, 0.3) is 5.91 Å². The summed E-state index contributed by atoms with van der Waals surface area (Å²) in [5.74, 6) is -1.14. The molecule has 0 radical (unpaired) electrons. The Morgan fingerprint density at radius 2 is 1.61 bits per heavy atom.